The van der Waals surface area contributed by atoms with Crippen LogP contribution in [0.5, 0.6) is 0 Å². The van der Waals surface area contributed by atoms with Crippen LogP contribution in [-0.4, -0.2) is 15.0 Å². The number of anilines is 1. The van der Waals surface area contributed by atoms with Gasteiger partial charge in [-0.2, -0.15) is 4.68 Å². The molecule has 0 saturated carbocycles. The highest BCUT2D eigenvalue weighted by molar-refractivity contribution is 7.13. The van der Waals surface area contributed by atoms with Crippen molar-refractivity contribution in [3.8, 4) is 16.3 Å². The summed E-state index contributed by atoms with van der Waals surface area (Å²) in [6.07, 6.45) is 0. The minimum Gasteiger partial charge on any atom is -0.382 e. The molecule has 2 aromatic heterocycles. The van der Waals surface area contributed by atoms with Crippen molar-refractivity contribution in [3.05, 3.63) is 46.8 Å². The SMILES string of the molecule is Cc1ccc(-n2nnc(-c3cccs3)c2N)c(C)c1. The van der Waals surface area contributed by atoms with Gasteiger partial charge >= 0.3 is 0 Å². The maximum Gasteiger partial charge on any atom is 0.156 e. The summed E-state index contributed by atoms with van der Waals surface area (Å²) in [7, 11) is 0. The van der Waals surface area contributed by atoms with Gasteiger partial charge in [-0.15, -0.1) is 16.4 Å². The minimum absolute atomic E-state index is 0.578. The normalized spacial score (nSPS) is 10.8. The van der Waals surface area contributed by atoms with Crippen LogP contribution in [0.1, 0.15) is 11.1 Å². The van der Waals surface area contributed by atoms with Gasteiger partial charge in [0.15, 0.2) is 5.82 Å². The summed E-state index contributed by atoms with van der Waals surface area (Å²) >= 11 is 1.61. The van der Waals surface area contributed by atoms with Gasteiger partial charge in [0.25, 0.3) is 0 Å². The van der Waals surface area contributed by atoms with Crippen molar-refractivity contribution in [1.82, 2.24) is 15.0 Å². The fraction of sp³-hybridized carbons (Fsp3) is 0.143. The lowest BCUT2D eigenvalue weighted by atomic mass is 10.1. The van der Waals surface area contributed by atoms with Crippen molar-refractivity contribution in [2.75, 3.05) is 5.73 Å². The topological polar surface area (TPSA) is 56.7 Å². The van der Waals surface area contributed by atoms with Gasteiger partial charge in [0, 0.05) is 0 Å². The predicted molar refractivity (Wildman–Crippen MR) is 78.6 cm³/mol. The van der Waals surface area contributed by atoms with Crippen LogP contribution >= 0.6 is 11.3 Å². The van der Waals surface area contributed by atoms with Crippen LogP contribution in [0.25, 0.3) is 16.3 Å². The lowest BCUT2D eigenvalue weighted by Gasteiger charge is -2.07. The van der Waals surface area contributed by atoms with E-state index in [-0.39, 0.29) is 0 Å². The molecule has 5 heteroatoms. The second-order valence-corrected chi connectivity index (χ2v) is 5.45. The number of aryl methyl sites for hydroxylation is 2. The van der Waals surface area contributed by atoms with Gasteiger partial charge in [-0.05, 0) is 36.9 Å². The number of aromatic nitrogens is 3. The van der Waals surface area contributed by atoms with Gasteiger partial charge in [0.1, 0.15) is 5.69 Å². The Kier molecular flexibility index (Phi) is 2.83. The molecule has 4 nitrogen and oxygen atoms in total. The molecule has 0 unspecified atom stereocenters. The molecule has 0 spiro atoms. The Balaban J connectivity index is 2.12. The van der Waals surface area contributed by atoms with Crippen LogP contribution in [0.2, 0.25) is 0 Å². The number of nitrogens with zero attached hydrogens (tertiary/aromatic N) is 3. The Labute approximate surface area is 115 Å². The number of hydrogen-bond acceptors (Lipinski definition) is 4. The van der Waals surface area contributed by atoms with Gasteiger partial charge in [-0.25, -0.2) is 0 Å². The molecule has 1 aromatic carbocycles. The molecular formula is C14H14N4S. The summed E-state index contributed by atoms with van der Waals surface area (Å²) < 4.78 is 1.70. The maximum atomic E-state index is 6.18. The van der Waals surface area contributed by atoms with Gasteiger partial charge < -0.3 is 5.73 Å². The molecule has 0 aliphatic carbocycles. The molecule has 19 heavy (non-hydrogen) atoms. The van der Waals surface area contributed by atoms with E-state index in [0.29, 0.717) is 5.82 Å². The Morgan fingerprint density at radius 2 is 2.05 bits per heavy atom. The zero-order valence-electron chi connectivity index (χ0n) is 10.8. The molecule has 0 aliphatic heterocycles. The molecule has 0 bridgehead atoms. The van der Waals surface area contributed by atoms with Crippen molar-refractivity contribution in [1.29, 1.82) is 0 Å². The third-order valence-corrected chi connectivity index (χ3v) is 3.92. The van der Waals surface area contributed by atoms with Gasteiger partial charge in [-0.1, -0.05) is 29.0 Å². The molecule has 96 valence electrons. The molecular weight excluding hydrogens is 256 g/mol. The largest absolute Gasteiger partial charge is 0.382 e. The van der Waals surface area contributed by atoms with Crippen LogP contribution in [0.4, 0.5) is 5.82 Å². The van der Waals surface area contributed by atoms with E-state index < -0.39 is 0 Å². The molecule has 0 atom stereocenters. The van der Waals surface area contributed by atoms with E-state index in [1.54, 1.807) is 16.0 Å². The van der Waals surface area contributed by atoms with E-state index in [4.69, 9.17) is 5.73 Å². The number of nitrogens with two attached hydrogens (primary N) is 1. The fourth-order valence-electron chi connectivity index (χ4n) is 2.10. The first-order valence-electron chi connectivity index (χ1n) is 5.99. The predicted octanol–water partition coefficient (Wildman–Crippen LogP) is 3.19. The Morgan fingerprint density at radius 3 is 2.74 bits per heavy atom. The summed E-state index contributed by atoms with van der Waals surface area (Å²) in [6.45, 7) is 4.12. The number of benzene rings is 1. The van der Waals surface area contributed by atoms with E-state index in [2.05, 4.69) is 23.3 Å². The van der Waals surface area contributed by atoms with Crippen LogP contribution < -0.4 is 5.73 Å². The van der Waals surface area contributed by atoms with E-state index in [9.17, 15) is 0 Å². The summed E-state index contributed by atoms with van der Waals surface area (Å²) in [6, 6.07) is 10.2. The average molecular weight is 270 g/mol. The van der Waals surface area contributed by atoms with Crippen molar-refractivity contribution in [2.24, 2.45) is 0 Å². The lowest BCUT2D eigenvalue weighted by molar-refractivity contribution is 0.805. The second-order valence-electron chi connectivity index (χ2n) is 4.50. The third kappa shape index (κ3) is 2.02. The molecule has 0 fully saturated rings. The molecule has 3 rings (SSSR count). The summed E-state index contributed by atoms with van der Waals surface area (Å²) in [4.78, 5) is 1.04. The number of rotatable bonds is 2. The van der Waals surface area contributed by atoms with Crippen LogP contribution in [-0.2, 0) is 0 Å². The summed E-state index contributed by atoms with van der Waals surface area (Å²) in [5, 5.41) is 10.4. The summed E-state index contributed by atoms with van der Waals surface area (Å²) in [5.74, 6) is 0.578. The van der Waals surface area contributed by atoms with Crippen molar-refractivity contribution in [3.63, 3.8) is 0 Å². The molecule has 0 aliphatic rings. The van der Waals surface area contributed by atoms with Crippen molar-refractivity contribution in [2.45, 2.75) is 13.8 Å². The Hall–Kier alpha value is -2.14. The summed E-state index contributed by atoms with van der Waals surface area (Å²) in [5.41, 5.74) is 10.2. The average Bonchev–Trinajstić information content (AvgIpc) is 2.99. The maximum absolute atomic E-state index is 6.18. The molecule has 0 amide bonds. The Morgan fingerprint density at radius 1 is 1.21 bits per heavy atom. The zero-order chi connectivity index (χ0) is 13.4. The third-order valence-electron chi connectivity index (χ3n) is 3.04. The molecule has 2 heterocycles. The van der Waals surface area contributed by atoms with E-state index in [1.165, 1.54) is 5.56 Å². The van der Waals surface area contributed by atoms with Crippen LogP contribution in [0, 0.1) is 13.8 Å². The molecule has 0 saturated heterocycles. The zero-order valence-corrected chi connectivity index (χ0v) is 11.6. The molecule has 0 radical (unpaired) electrons. The number of thiophene rings is 1. The highest BCUT2D eigenvalue weighted by Gasteiger charge is 2.14. The quantitative estimate of drug-likeness (QED) is 0.778. The second kappa shape index (κ2) is 4.51. The first kappa shape index (κ1) is 11.9. The first-order chi connectivity index (χ1) is 9.16. The minimum atomic E-state index is 0.578. The Bertz CT molecular complexity index is 713. The smallest absolute Gasteiger partial charge is 0.156 e. The number of hydrogen-bond donors (Lipinski definition) is 1. The fourth-order valence-corrected chi connectivity index (χ4v) is 2.82. The first-order valence-corrected chi connectivity index (χ1v) is 6.87. The van der Waals surface area contributed by atoms with Gasteiger partial charge in [0.2, 0.25) is 0 Å². The lowest BCUT2D eigenvalue weighted by Crippen LogP contribution is -2.04. The van der Waals surface area contributed by atoms with Crippen LogP contribution in [0.3, 0.4) is 0 Å². The number of nitrogen functional groups attached to an aromatic ring is 1. The molecule has 3 aromatic rings. The van der Waals surface area contributed by atoms with Crippen LogP contribution in [0.15, 0.2) is 35.7 Å². The van der Waals surface area contributed by atoms with Crippen molar-refractivity contribution >= 4 is 17.2 Å². The van der Waals surface area contributed by atoms with E-state index in [0.717, 1.165) is 21.8 Å². The van der Waals surface area contributed by atoms with E-state index >= 15 is 0 Å². The van der Waals surface area contributed by atoms with Gasteiger partial charge in [-0.3, -0.25) is 0 Å². The van der Waals surface area contributed by atoms with Crippen molar-refractivity contribution < 1.29 is 0 Å². The highest BCUT2D eigenvalue weighted by Crippen LogP contribution is 2.29. The standard InChI is InChI=1S/C14H14N4S/c1-9-5-6-11(10(2)8-9)18-14(15)13(16-17-18)12-4-3-7-19-12/h3-8H,15H2,1-2H3. The van der Waals surface area contributed by atoms with Gasteiger partial charge in [0.05, 0.1) is 10.6 Å². The monoisotopic (exact) mass is 270 g/mol. The van der Waals surface area contributed by atoms with E-state index in [1.807, 2.05) is 36.6 Å². The molecule has 2 N–H and O–H groups in total. The highest BCUT2D eigenvalue weighted by atomic mass is 32.1.